The van der Waals surface area contributed by atoms with E-state index in [1.54, 1.807) is 55.5 Å². The van der Waals surface area contributed by atoms with Crippen LogP contribution in [0, 0.1) is 12.1 Å². The van der Waals surface area contributed by atoms with E-state index in [0.717, 1.165) is 5.56 Å². The van der Waals surface area contributed by atoms with Crippen LogP contribution in [0.5, 0.6) is 5.75 Å². The predicted octanol–water partition coefficient (Wildman–Crippen LogP) is 2.45. The molecule has 0 spiro atoms. The van der Waals surface area contributed by atoms with Gasteiger partial charge >= 0.3 is 0 Å². The lowest BCUT2D eigenvalue weighted by molar-refractivity contribution is -0.547. The Hall–Kier alpha value is -3.18. The van der Waals surface area contributed by atoms with E-state index in [1.165, 1.54) is 23.4 Å². The molecule has 10 nitrogen and oxygen atoms in total. The first kappa shape index (κ1) is 23.5. The molecular weight excluding hydrogens is 436 g/mol. The van der Waals surface area contributed by atoms with E-state index in [-0.39, 0.29) is 16.3 Å². The van der Waals surface area contributed by atoms with Crippen molar-refractivity contribution in [1.29, 1.82) is 0 Å². The first-order valence-corrected chi connectivity index (χ1v) is 11.4. The molecule has 32 heavy (non-hydrogen) atoms. The molecule has 11 heteroatoms. The summed E-state index contributed by atoms with van der Waals surface area (Å²) in [6.07, 6.45) is -0.939. The van der Waals surface area contributed by atoms with Crippen molar-refractivity contribution >= 4 is 15.9 Å². The van der Waals surface area contributed by atoms with E-state index in [4.69, 9.17) is 4.74 Å². The Morgan fingerprint density at radius 2 is 1.78 bits per heavy atom. The highest BCUT2D eigenvalue weighted by molar-refractivity contribution is 7.89. The molecular formula is C21H26N4O6S. The molecule has 1 fully saturated rings. The molecule has 0 saturated carbocycles. The summed E-state index contributed by atoms with van der Waals surface area (Å²) >= 11 is 0. The minimum atomic E-state index is -3.94. The summed E-state index contributed by atoms with van der Waals surface area (Å²) in [7, 11) is -1.21. The van der Waals surface area contributed by atoms with Gasteiger partial charge in [-0.2, -0.15) is 4.31 Å². The van der Waals surface area contributed by atoms with Crippen LogP contribution < -0.4 is 4.74 Å². The van der Waals surface area contributed by atoms with Gasteiger partial charge in [-0.1, -0.05) is 29.8 Å². The number of hydrogen-bond donors (Lipinski definition) is 0. The van der Waals surface area contributed by atoms with Crippen LogP contribution in [0.15, 0.2) is 58.7 Å². The zero-order chi connectivity index (χ0) is 23.5. The van der Waals surface area contributed by atoms with Gasteiger partial charge in [-0.05, 0) is 48.5 Å². The second kappa shape index (κ2) is 9.53. The number of sulfonamides is 1. The fourth-order valence-electron chi connectivity index (χ4n) is 3.71. The van der Waals surface area contributed by atoms with Crippen LogP contribution in [0.1, 0.15) is 24.2 Å². The molecule has 0 radical (unpaired) electrons. The summed E-state index contributed by atoms with van der Waals surface area (Å²) in [5, 5.41) is 15.0. The van der Waals surface area contributed by atoms with Crippen LogP contribution in [-0.2, 0) is 19.7 Å². The number of aryl methyl sites for hydroxylation is 1. The van der Waals surface area contributed by atoms with Crippen molar-refractivity contribution in [2.24, 2.45) is 5.28 Å². The Morgan fingerprint density at radius 1 is 1.16 bits per heavy atom. The lowest BCUT2D eigenvalue weighted by atomic mass is 10.1. The second-order valence-corrected chi connectivity index (χ2v) is 9.35. The summed E-state index contributed by atoms with van der Waals surface area (Å²) in [4.78, 5) is 19.1. The lowest BCUT2D eigenvalue weighted by Crippen LogP contribution is -2.42. The van der Waals surface area contributed by atoms with Gasteiger partial charge in [0, 0.05) is 12.6 Å². The van der Waals surface area contributed by atoms with Gasteiger partial charge in [0.25, 0.3) is 12.5 Å². The predicted molar refractivity (Wildman–Crippen MR) is 115 cm³/mol. The van der Waals surface area contributed by atoms with Gasteiger partial charge in [-0.3, -0.25) is 4.79 Å². The molecule has 0 aliphatic carbocycles. The molecule has 2 unspecified atom stereocenters. The minimum absolute atomic E-state index is 0.0684. The Kier molecular flexibility index (Phi) is 6.99. The van der Waals surface area contributed by atoms with Gasteiger partial charge in [0.15, 0.2) is 5.28 Å². The summed E-state index contributed by atoms with van der Waals surface area (Å²) in [6, 6.07) is 12.8. The average molecular weight is 463 g/mol. The zero-order valence-electron chi connectivity index (χ0n) is 18.3. The summed E-state index contributed by atoms with van der Waals surface area (Å²) in [6.45, 7) is 3.07. The number of hydroxylamine groups is 1. The van der Waals surface area contributed by atoms with Crippen LogP contribution in [0.25, 0.3) is 0 Å². The number of benzene rings is 2. The lowest BCUT2D eigenvalue weighted by Gasteiger charge is -2.30. The number of hydrogen-bond acceptors (Lipinski definition) is 7. The van der Waals surface area contributed by atoms with E-state index in [2.05, 4.69) is 10.1 Å². The molecule has 172 valence electrons. The van der Waals surface area contributed by atoms with Crippen molar-refractivity contribution < 1.29 is 27.6 Å². The third-order valence-electron chi connectivity index (χ3n) is 5.23. The van der Waals surface area contributed by atoms with E-state index < -0.39 is 34.7 Å². The number of nitrogens with zero attached hydrogens (tertiary/aromatic N) is 4. The average Bonchev–Trinajstić information content (AvgIpc) is 3.12. The highest BCUT2D eigenvalue weighted by Crippen LogP contribution is 2.38. The molecule has 2 aromatic carbocycles. The zero-order valence-corrected chi connectivity index (χ0v) is 19.2. The van der Waals surface area contributed by atoms with Gasteiger partial charge in [-0.15, -0.1) is 0 Å². The highest BCUT2D eigenvalue weighted by Gasteiger charge is 2.47. The Balaban J connectivity index is 2.06. The van der Waals surface area contributed by atoms with Crippen molar-refractivity contribution in [1.82, 2.24) is 9.21 Å². The van der Waals surface area contributed by atoms with E-state index in [0.29, 0.717) is 11.3 Å². The normalized spacial score (nSPS) is 19.8. The molecule has 0 bridgehead atoms. The van der Waals surface area contributed by atoms with Gasteiger partial charge in [0.1, 0.15) is 19.0 Å². The van der Waals surface area contributed by atoms with Gasteiger partial charge in [-0.25, -0.2) is 8.42 Å². The van der Waals surface area contributed by atoms with Crippen LogP contribution in [0.4, 0.5) is 0 Å². The van der Waals surface area contributed by atoms with Gasteiger partial charge < -0.3 is 19.7 Å². The molecule has 0 aromatic heterocycles. The van der Waals surface area contributed by atoms with Crippen molar-refractivity contribution in [2.75, 3.05) is 27.3 Å². The van der Waals surface area contributed by atoms with Crippen molar-refractivity contribution in [3.8, 4) is 5.75 Å². The van der Waals surface area contributed by atoms with E-state index >= 15 is 0 Å². The van der Waals surface area contributed by atoms with E-state index in [1.807, 2.05) is 6.92 Å². The maximum atomic E-state index is 13.5. The molecule has 1 aliphatic rings. The molecule has 0 N–H and O–H groups in total. The quantitative estimate of drug-likeness (QED) is 0.355. The molecule has 2 aromatic rings. The molecule has 1 heterocycles. The summed E-state index contributed by atoms with van der Waals surface area (Å²) in [5.74, 6) is 0.0194. The maximum Gasteiger partial charge on any atom is 0.294 e. The number of ether oxygens (including phenoxy) is 1. The van der Waals surface area contributed by atoms with Gasteiger partial charge in [0.05, 0.1) is 12.0 Å². The van der Waals surface area contributed by atoms with Crippen LogP contribution in [-0.4, -0.2) is 61.7 Å². The molecule has 1 amide bonds. The number of rotatable bonds is 7. The maximum absolute atomic E-state index is 13.5. The highest BCUT2D eigenvalue weighted by atomic mass is 32.2. The summed E-state index contributed by atoms with van der Waals surface area (Å²) < 4.78 is 33.6. The first-order chi connectivity index (χ1) is 15.2. The van der Waals surface area contributed by atoms with Gasteiger partial charge in [0.2, 0.25) is 10.0 Å². The smallest absolute Gasteiger partial charge is 0.294 e. The van der Waals surface area contributed by atoms with Crippen molar-refractivity contribution in [3.63, 3.8) is 0 Å². The fourth-order valence-corrected chi connectivity index (χ4v) is 5.35. The largest absolute Gasteiger partial charge is 0.597 e. The Labute approximate surface area is 187 Å². The van der Waals surface area contributed by atoms with E-state index in [9.17, 15) is 18.4 Å². The summed E-state index contributed by atoms with van der Waals surface area (Å²) in [5.41, 5.74) is 1.50. The molecule has 3 rings (SSSR count). The van der Waals surface area contributed by atoms with Crippen molar-refractivity contribution in [2.45, 2.75) is 31.0 Å². The minimum Gasteiger partial charge on any atom is -0.597 e. The molecule has 1 saturated heterocycles. The molecule has 2 atom stereocenters. The van der Waals surface area contributed by atoms with Crippen molar-refractivity contribution in [3.05, 3.63) is 64.9 Å². The molecule has 1 aliphatic heterocycles. The topological polar surface area (TPSA) is 115 Å². The number of amides is 1. The number of methoxy groups -OCH3 is 1. The third kappa shape index (κ3) is 4.68. The number of carbonyl (C=O) groups excluding carboxylic acids is 1. The second-order valence-electron chi connectivity index (χ2n) is 7.46. The monoisotopic (exact) mass is 462 g/mol. The standard InChI is InChI=1S/C21H26N4O6S/c1-15-5-11-19(12-6-15)32(28,29)23-13-16(2)25(20(26)14-24(27)22-31-4)21(23)17-7-9-18(30-3)10-8-17/h5-12,16,21H,13-14H2,1-4H3/b24-22-. The number of carbonyl (C=O) groups is 1. The van der Waals surface area contributed by atoms with Crippen LogP contribution in [0.2, 0.25) is 0 Å². The van der Waals surface area contributed by atoms with Crippen LogP contribution in [0.3, 0.4) is 0 Å². The Morgan fingerprint density at radius 3 is 2.34 bits per heavy atom. The fraction of sp³-hybridized carbons (Fsp3) is 0.381. The Bertz CT molecular complexity index is 1090. The van der Waals surface area contributed by atoms with Crippen LogP contribution >= 0.6 is 0 Å². The SMILES string of the molecule is CO/N=[N+](\[O-])CC(=O)N1C(C)CN(S(=O)(=O)c2ccc(C)cc2)C1c1ccc(OC)cc1. The third-order valence-corrected chi connectivity index (χ3v) is 7.06. The first-order valence-electron chi connectivity index (χ1n) is 9.91.